The van der Waals surface area contributed by atoms with Crippen LogP contribution in [0.15, 0.2) is 51.0 Å². The molecule has 0 amide bonds. The summed E-state index contributed by atoms with van der Waals surface area (Å²) in [5.74, 6) is -0.441. The van der Waals surface area contributed by atoms with E-state index in [0.29, 0.717) is 20.6 Å². The third kappa shape index (κ3) is 3.16. The molecule has 4 rings (SSSR count). The van der Waals surface area contributed by atoms with Crippen LogP contribution >= 0.6 is 22.7 Å². The lowest BCUT2D eigenvalue weighted by Gasteiger charge is -2.23. The van der Waals surface area contributed by atoms with Gasteiger partial charge < -0.3 is 4.74 Å². The van der Waals surface area contributed by atoms with Gasteiger partial charge in [0.05, 0.1) is 28.6 Å². The molecule has 4 heterocycles. The van der Waals surface area contributed by atoms with Gasteiger partial charge in [-0.2, -0.15) is 5.10 Å². The van der Waals surface area contributed by atoms with Crippen molar-refractivity contribution in [3.05, 3.63) is 71.3 Å². The molecule has 1 aliphatic rings. The van der Waals surface area contributed by atoms with E-state index in [1.165, 1.54) is 22.7 Å². The highest BCUT2D eigenvalue weighted by Gasteiger charge is 2.33. The zero-order valence-electron chi connectivity index (χ0n) is 15.6. The topological polar surface area (TPSA) is 78.5 Å². The maximum Gasteiger partial charge on any atom is 0.338 e. The Morgan fingerprint density at radius 3 is 2.89 bits per heavy atom. The molecule has 1 unspecified atom stereocenters. The summed E-state index contributed by atoms with van der Waals surface area (Å²) in [6.07, 6.45) is 5.33. The van der Waals surface area contributed by atoms with Crippen LogP contribution in [0.2, 0.25) is 0 Å². The average Bonchev–Trinajstić information content (AvgIpc) is 3.37. The fourth-order valence-corrected chi connectivity index (χ4v) is 5.04. The number of hydrogen-bond acceptors (Lipinski definition) is 7. The molecule has 0 bridgehead atoms. The van der Waals surface area contributed by atoms with E-state index in [1.807, 2.05) is 30.8 Å². The Bertz CT molecular complexity index is 1250. The number of esters is 1. The van der Waals surface area contributed by atoms with Gasteiger partial charge in [0.1, 0.15) is 6.04 Å². The quantitative estimate of drug-likeness (QED) is 0.608. The van der Waals surface area contributed by atoms with Gasteiger partial charge in [-0.05, 0) is 31.4 Å². The summed E-state index contributed by atoms with van der Waals surface area (Å²) in [5, 5.41) is 6.07. The van der Waals surface area contributed by atoms with Gasteiger partial charge in [0.25, 0.3) is 5.56 Å². The highest BCUT2D eigenvalue weighted by molar-refractivity contribution is 7.10. The molecular formula is C19H18N4O3S2. The number of aryl methyl sites for hydroxylation is 1. The van der Waals surface area contributed by atoms with Gasteiger partial charge in [-0.1, -0.05) is 17.4 Å². The highest BCUT2D eigenvalue weighted by atomic mass is 32.1. The number of fused-ring (bicyclic) bond motifs is 1. The van der Waals surface area contributed by atoms with Crippen LogP contribution in [-0.4, -0.2) is 26.9 Å². The minimum atomic E-state index is -0.536. The Morgan fingerprint density at radius 2 is 2.25 bits per heavy atom. The second-order valence-electron chi connectivity index (χ2n) is 6.27. The van der Waals surface area contributed by atoms with Crippen molar-refractivity contribution >= 4 is 34.7 Å². The van der Waals surface area contributed by atoms with Crippen LogP contribution in [-0.2, 0) is 16.6 Å². The minimum absolute atomic E-state index is 0.180. The van der Waals surface area contributed by atoms with Crippen molar-refractivity contribution < 1.29 is 9.53 Å². The smallest absolute Gasteiger partial charge is 0.338 e. The second kappa shape index (κ2) is 7.33. The number of hydrogen-bond donors (Lipinski definition) is 0. The number of carbonyl (C=O) groups excluding carboxylic acids is 1. The number of thiazole rings is 1. The summed E-state index contributed by atoms with van der Waals surface area (Å²) < 4.78 is 9.08. The zero-order valence-corrected chi connectivity index (χ0v) is 17.2. The average molecular weight is 415 g/mol. The van der Waals surface area contributed by atoms with Crippen LogP contribution in [0.1, 0.15) is 30.3 Å². The number of ether oxygens (including phenoxy) is 1. The number of thiophene rings is 1. The molecule has 0 spiro atoms. The first kappa shape index (κ1) is 18.6. The molecule has 0 aliphatic carbocycles. The molecule has 1 aliphatic heterocycles. The van der Waals surface area contributed by atoms with Crippen LogP contribution in [0.3, 0.4) is 0 Å². The van der Waals surface area contributed by atoms with E-state index in [-0.39, 0.29) is 12.2 Å². The van der Waals surface area contributed by atoms with Crippen molar-refractivity contribution in [1.29, 1.82) is 0 Å². The highest BCUT2D eigenvalue weighted by Crippen LogP contribution is 2.33. The van der Waals surface area contributed by atoms with Crippen molar-refractivity contribution in [2.75, 3.05) is 6.61 Å². The molecule has 0 aromatic carbocycles. The van der Waals surface area contributed by atoms with Crippen molar-refractivity contribution in [3.63, 3.8) is 0 Å². The van der Waals surface area contributed by atoms with Crippen molar-refractivity contribution in [3.8, 4) is 0 Å². The molecule has 0 saturated heterocycles. The minimum Gasteiger partial charge on any atom is -0.463 e. The Kier molecular flexibility index (Phi) is 4.86. The Labute approximate surface area is 168 Å². The normalized spacial score (nSPS) is 16.8. The zero-order chi connectivity index (χ0) is 19.8. The number of carbonyl (C=O) groups is 1. The maximum absolute atomic E-state index is 13.2. The molecule has 0 N–H and O–H groups in total. The molecule has 0 saturated carbocycles. The molecule has 7 nitrogen and oxygen atoms in total. The van der Waals surface area contributed by atoms with Gasteiger partial charge >= 0.3 is 5.97 Å². The largest absolute Gasteiger partial charge is 0.463 e. The molecule has 1 atom stereocenters. The first-order valence-electron chi connectivity index (χ1n) is 8.71. The van der Waals surface area contributed by atoms with Gasteiger partial charge in [0, 0.05) is 23.7 Å². The van der Waals surface area contributed by atoms with Crippen LogP contribution in [0.4, 0.5) is 0 Å². The molecule has 0 fully saturated rings. The summed E-state index contributed by atoms with van der Waals surface area (Å²) in [7, 11) is 1.82. The SMILES string of the molecule is CCOC(=O)C1=C(C)N=c2sc(=Cc3cnn(C)c3)c(=O)n2C1c1cccs1. The Hall–Kier alpha value is -2.78. The summed E-state index contributed by atoms with van der Waals surface area (Å²) in [6.45, 7) is 3.81. The fourth-order valence-electron chi connectivity index (χ4n) is 3.17. The molecule has 3 aromatic heterocycles. The van der Waals surface area contributed by atoms with Crippen molar-refractivity contribution in [1.82, 2.24) is 14.3 Å². The first-order valence-corrected chi connectivity index (χ1v) is 10.4. The number of aromatic nitrogens is 3. The van der Waals surface area contributed by atoms with E-state index in [4.69, 9.17) is 4.74 Å². The molecule has 144 valence electrons. The molecule has 0 radical (unpaired) electrons. The van der Waals surface area contributed by atoms with Gasteiger partial charge in [0.15, 0.2) is 4.80 Å². The van der Waals surface area contributed by atoms with Crippen LogP contribution in [0, 0.1) is 0 Å². The van der Waals surface area contributed by atoms with Crippen molar-refractivity contribution in [2.45, 2.75) is 19.9 Å². The fraction of sp³-hybridized carbons (Fsp3) is 0.263. The lowest BCUT2D eigenvalue weighted by Crippen LogP contribution is -2.39. The maximum atomic E-state index is 13.2. The Morgan fingerprint density at radius 1 is 1.43 bits per heavy atom. The summed E-state index contributed by atoms with van der Waals surface area (Å²) in [5.41, 5.74) is 1.64. The van der Waals surface area contributed by atoms with Crippen LogP contribution < -0.4 is 14.9 Å². The Balaban J connectivity index is 1.95. The number of rotatable bonds is 4. The molecular weight excluding hydrogens is 396 g/mol. The lowest BCUT2D eigenvalue weighted by atomic mass is 10.0. The van der Waals surface area contributed by atoms with E-state index in [9.17, 15) is 9.59 Å². The van der Waals surface area contributed by atoms with Gasteiger partial charge in [-0.3, -0.25) is 14.0 Å². The summed E-state index contributed by atoms with van der Waals surface area (Å²) in [4.78, 5) is 31.9. The molecule has 9 heteroatoms. The summed E-state index contributed by atoms with van der Waals surface area (Å²) >= 11 is 2.80. The van der Waals surface area contributed by atoms with E-state index in [1.54, 1.807) is 35.4 Å². The van der Waals surface area contributed by atoms with Gasteiger partial charge in [-0.25, -0.2) is 9.79 Å². The molecule has 28 heavy (non-hydrogen) atoms. The molecule has 3 aromatic rings. The van der Waals surface area contributed by atoms with Crippen LogP contribution in [0.25, 0.3) is 6.08 Å². The number of nitrogens with zero attached hydrogens (tertiary/aromatic N) is 4. The first-order chi connectivity index (χ1) is 13.5. The summed E-state index contributed by atoms with van der Waals surface area (Å²) in [6, 6.07) is 3.29. The standard InChI is InChI=1S/C19H18N4O3S2/c1-4-26-18(25)15-11(2)21-19-23(16(15)13-6-5-7-27-13)17(24)14(28-19)8-12-9-20-22(3)10-12/h5-10,16H,4H2,1-3H3. The second-order valence-corrected chi connectivity index (χ2v) is 8.25. The van der Waals surface area contributed by atoms with E-state index < -0.39 is 12.0 Å². The van der Waals surface area contributed by atoms with E-state index >= 15 is 0 Å². The third-order valence-corrected chi connectivity index (χ3v) is 6.26. The monoisotopic (exact) mass is 414 g/mol. The van der Waals surface area contributed by atoms with E-state index in [2.05, 4.69) is 10.1 Å². The van der Waals surface area contributed by atoms with E-state index in [0.717, 1.165) is 10.4 Å². The number of allylic oxidation sites excluding steroid dienone is 1. The lowest BCUT2D eigenvalue weighted by molar-refractivity contribution is -0.139. The van der Waals surface area contributed by atoms with Gasteiger partial charge in [0.2, 0.25) is 0 Å². The van der Waals surface area contributed by atoms with Crippen LogP contribution in [0.5, 0.6) is 0 Å². The van der Waals surface area contributed by atoms with Crippen molar-refractivity contribution in [2.24, 2.45) is 12.0 Å². The van der Waals surface area contributed by atoms with Gasteiger partial charge in [-0.15, -0.1) is 11.3 Å². The third-order valence-electron chi connectivity index (χ3n) is 4.35. The predicted octanol–water partition coefficient (Wildman–Crippen LogP) is 1.59. The predicted molar refractivity (Wildman–Crippen MR) is 108 cm³/mol.